The largest absolute Gasteiger partial charge is 0.494 e. The van der Waals surface area contributed by atoms with Gasteiger partial charge in [0.15, 0.2) is 11.4 Å². The summed E-state index contributed by atoms with van der Waals surface area (Å²) in [6.07, 6.45) is 0. The number of hydrogen-bond acceptors (Lipinski definition) is 6. The Balaban J connectivity index is 2.07. The summed E-state index contributed by atoms with van der Waals surface area (Å²) < 4.78 is 19.1. The quantitative estimate of drug-likeness (QED) is 0.522. The molecule has 0 aliphatic rings. The van der Waals surface area contributed by atoms with Crippen molar-refractivity contribution in [2.24, 2.45) is 0 Å². The zero-order valence-electron chi connectivity index (χ0n) is 15.4. The number of halogens is 1. The van der Waals surface area contributed by atoms with Crippen molar-refractivity contribution in [3.05, 3.63) is 86.1 Å². The number of amides is 1. The molecule has 2 aromatic carbocycles. The molecule has 0 radical (unpaired) electrons. The molecule has 1 heterocycles. The van der Waals surface area contributed by atoms with Gasteiger partial charge in [0.2, 0.25) is 0 Å². The van der Waals surface area contributed by atoms with E-state index >= 15 is 0 Å². The van der Waals surface area contributed by atoms with E-state index in [-0.39, 0.29) is 28.5 Å². The van der Waals surface area contributed by atoms with E-state index in [1.165, 1.54) is 31.4 Å². The Labute approximate surface area is 163 Å². The molecule has 1 aromatic heterocycles. The highest BCUT2D eigenvalue weighted by atomic mass is 19.1. The first-order valence-corrected chi connectivity index (χ1v) is 8.31. The van der Waals surface area contributed by atoms with Crippen LogP contribution in [0.5, 0.6) is 5.75 Å². The van der Waals surface area contributed by atoms with Crippen LogP contribution in [0.2, 0.25) is 0 Å². The fraction of sp³-hybridized carbons (Fsp3) is 0.105. The smallest absolute Gasteiger partial charge is 0.293 e. The molecule has 0 spiro atoms. The van der Waals surface area contributed by atoms with Crippen LogP contribution < -0.4 is 15.6 Å². The van der Waals surface area contributed by atoms with E-state index in [4.69, 9.17) is 4.74 Å². The average molecular weight is 398 g/mol. The molecule has 3 aromatic rings. The fourth-order valence-electron chi connectivity index (χ4n) is 2.66. The second-order valence-electron chi connectivity index (χ2n) is 5.97. The van der Waals surface area contributed by atoms with Crippen LogP contribution in [0.15, 0.2) is 53.3 Å². The maximum absolute atomic E-state index is 13.2. The molecule has 1 amide bonds. The zero-order chi connectivity index (χ0) is 21.1. The molecule has 9 nitrogen and oxygen atoms in total. The molecule has 0 unspecified atom stereocenters. The number of ether oxygens (including phenoxy) is 1. The number of nitrogens with one attached hydrogen (secondary N) is 1. The summed E-state index contributed by atoms with van der Waals surface area (Å²) in [6, 6.07) is 10.3. The van der Waals surface area contributed by atoms with Gasteiger partial charge < -0.3 is 10.1 Å². The second-order valence-corrected chi connectivity index (χ2v) is 5.97. The van der Waals surface area contributed by atoms with Gasteiger partial charge in [-0.15, -0.1) is 0 Å². The number of rotatable bonds is 5. The number of nitro groups is 1. The maximum atomic E-state index is 13.2. The molecule has 1 N–H and O–H groups in total. The number of aromatic nitrogens is 2. The Morgan fingerprint density at radius 3 is 2.55 bits per heavy atom. The van der Waals surface area contributed by atoms with Crippen molar-refractivity contribution in [3.8, 4) is 11.4 Å². The first-order valence-electron chi connectivity index (χ1n) is 8.31. The van der Waals surface area contributed by atoms with Gasteiger partial charge in [-0.2, -0.15) is 9.78 Å². The lowest BCUT2D eigenvalue weighted by atomic mass is 10.1. The van der Waals surface area contributed by atoms with Crippen molar-refractivity contribution in [1.82, 2.24) is 9.78 Å². The maximum Gasteiger partial charge on any atom is 0.293 e. The van der Waals surface area contributed by atoms with Crippen molar-refractivity contribution < 1.29 is 18.8 Å². The molecule has 0 aliphatic heterocycles. The Kier molecular flexibility index (Phi) is 5.35. The number of anilines is 1. The van der Waals surface area contributed by atoms with Crippen molar-refractivity contribution in [2.75, 3.05) is 12.4 Å². The number of aryl methyl sites for hydroxylation is 1. The average Bonchev–Trinajstić information content (AvgIpc) is 2.69. The summed E-state index contributed by atoms with van der Waals surface area (Å²) in [5, 5.41) is 17.7. The lowest BCUT2D eigenvalue weighted by Gasteiger charge is -2.12. The van der Waals surface area contributed by atoms with Crippen LogP contribution >= 0.6 is 0 Å². The number of carbonyl (C=O) groups is 1. The van der Waals surface area contributed by atoms with E-state index < -0.39 is 22.2 Å². The number of nitro benzene ring substituents is 1. The molecule has 0 atom stereocenters. The van der Waals surface area contributed by atoms with Crippen molar-refractivity contribution in [2.45, 2.75) is 6.92 Å². The Hall–Kier alpha value is -4.08. The van der Waals surface area contributed by atoms with Crippen LogP contribution in [0.25, 0.3) is 5.69 Å². The molecular formula is C19H15FN4O5. The fourth-order valence-corrected chi connectivity index (χ4v) is 2.66. The topological polar surface area (TPSA) is 116 Å². The third-order valence-corrected chi connectivity index (χ3v) is 4.09. The molecular weight excluding hydrogens is 383 g/mol. The Morgan fingerprint density at radius 1 is 1.24 bits per heavy atom. The molecule has 0 aliphatic carbocycles. The summed E-state index contributed by atoms with van der Waals surface area (Å²) in [5.41, 5.74) is -0.454. The summed E-state index contributed by atoms with van der Waals surface area (Å²) in [6.45, 7) is 1.60. The standard InChI is InChI=1S/C19H15FN4O5/c1-11-4-3-5-14(24(27)28)17(11)21-19(26)18-15(29-2)10-16(25)23(22-18)13-8-6-12(20)7-9-13/h3-10H,1-2H3,(H,21,26). The predicted molar refractivity (Wildman–Crippen MR) is 102 cm³/mol. The summed E-state index contributed by atoms with van der Waals surface area (Å²) in [7, 11) is 1.26. The highest BCUT2D eigenvalue weighted by Crippen LogP contribution is 2.28. The number of methoxy groups -OCH3 is 1. The van der Waals surface area contributed by atoms with E-state index in [1.54, 1.807) is 13.0 Å². The monoisotopic (exact) mass is 398 g/mol. The SMILES string of the molecule is COc1cc(=O)n(-c2ccc(F)cc2)nc1C(=O)Nc1c(C)cccc1[N+](=O)[O-]. The molecule has 0 fully saturated rings. The van der Waals surface area contributed by atoms with Gasteiger partial charge in [0.05, 0.1) is 23.8 Å². The molecule has 10 heteroatoms. The van der Waals surface area contributed by atoms with Gasteiger partial charge in [0, 0.05) is 6.07 Å². The highest BCUT2D eigenvalue weighted by Gasteiger charge is 2.23. The van der Waals surface area contributed by atoms with E-state index in [9.17, 15) is 24.1 Å². The number of para-hydroxylation sites is 1. The van der Waals surface area contributed by atoms with Crippen LogP contribution in [0, 0.1) is 22.9 Å². The van der Waals surface area contributed by atoms with Crippen LogP contribution in [-0.4, -0.2) is 27.7 Å². The third-order valence-electron chi connectivity index (χ3n) is 4.09. The van der Waals surface area contributed by atoms with Gasteiger partial charge >= 0.3 is 0 Å². The lowest BCUT2D eigenvalue weighted by molar-refractivity contribution is -0.384. The van der Waals surface area contributed by atoms with Gasteiger partial charge in [0.25, 0.3) is 17.2 Å². The van der Waals surface area contributed by atoms with Gasteiger partial charge in [-0.3, -0.25) is 19.7 Å². The molecule has 0 saturated heterocycles. The Bertz CT molecular complexity index is 1160. The van der Waals surface area contributed by atoms with Crippen LogP contribution in [0.4, 0.5) is 15.8 Å². The van der Waals surface area contributed by atoms with Crippen LogP contribution in [0.1, 0.15) is 16.1 Å². The summed E-state index contributed by atoms with van der Waals surface area (Å²) >= 11 is 0. The summed E-state index contributed by atoms with van der Waals surface area (Å²) in [5.74, 6) is -1.42. The van der Waals surface area contributed by atoms with Crippen molar-refractivity contribution in [1.29, 1.82) is 0 Å². The lowest BCUT2D eigenvalue weighted by Crippen LogP contribution is -2.26. The van der Waals surface area contributed by atoms with E-state index in [0.29, 0.717) is 5.56 Å². The van der Waals surface area contributed by atoms with Gasteiger partial charge in [0.1, 0.15) is 11.5 Å². The van der Waals surface area contributed by atoms with Gasteiger partial charge in [-0.1, -0.05) is 12.1 Å². The number of carbonyl (C=O) groups excluding carboxylic acids is 1. The molecule has 0 bridgehead atoms. The van der Waals surface area contributed by atoms with E-state index in [0.717, 1.165) is 22.9 Å². The Morgan fingerprint density at radius 2 is 1.93 bits per heavy atom. The van der Waals surface area contributed by atoms with Crippen molar-refractivity contribution in [3.63, 3.8) is 0 Å². The minimum Gasteiger partial charge on any atom is -0.494 e. The number of hydrogen-bond donors (Lipinski definition) is 1. The van der Waals surface area contributed by atoms with E-state index in [2.05, 4.69) is 10.4 Å². The first-order chi connectivity index (χ1) is 13.8. The minimum absolute atomic E-state index is 0.00545. The van der Waals surface area contributed by atoms with Gasteiger partial charge in [-0.05, 0) is 36.8 Å². The molecule has 3 rings (SSSR count). The zero-order valence-corrected chi connectivity index (χ0v) is 15.4. The molecule has 0 saturated carbocycles. The van der Waals surface area contributed by atoms with E-state index in [1.807, 2.05) is 0 Å². The third kappa shape index (κ3) is 3.95. The van der Waals surface area contributed by atoms with Crippen molar-refractivity contribution >= 4 is 17.3 Å². The second kappa shape index (κ2) is 7.89. The van der Waals surface area contributed by atoms with Gasteiger partial charge in [-0.25, -0.2) is 4.39 Å². The minimum atomic E-state index is -0.810. The normalized spacial score (nSPS) is 10.4. The number of benzene rings is 2. The predicted octanol–water partition coefficient (Wildman–Crippen LogP) is 2.85. The first kappa shape index (κ1) is 19.7. The number of nitrogens with zero attached hydrogens (tertiary/aromatic N) is 3. The highest BCUT2D eigenvalue weighted by molar-refractivity contribution is 6.06. The molecule has 29 heavy (non-hydrogen) atoms. The summed E-state index contributed by atoms with van der Waals surface area (Å²) in [4.78, 5) is 35.8. The molecule has 148 valence electrons. The van der Waals surface area contributed by atoms with Crippen LogP contribution in [0.3, 0.4) is 0 Å². The van der Waals surface area contributed by atoms with Crippen LogP contribution in [-0.2, 0) is 0 Å².